The molecular weight excluding hydrogens is 499 g/mol. The van der Waals surface area contributed by atoms with Crippen LogP contribution in [-0.2, 0) is 13.0 Å². The van der Waals surface area contributed by atoms with E-state index < -0.39 is 0 Å². The number of carbonyl (C=O) groups excluding carboxylic acids is 1. The molecule has 6 nitrogen and oxygen atoms in total. The van der Waals surface area contributed by atoms with Crippen LogP contribution in [-0.4, -0.2) is 33.6 Å². The van der Waals surface area contributed by atoms with Crippen LogP contribution in [0.3, 0.4) is 0 Å². The zero-order chi connectivity index (χ0) is 20.8. The molecule has 2 amide bonds. The van der Waals surface area contributed by atoms with E-state index in [1.165, 1.54) is 11.9 Å². The summed E-state index contributed by atoms with van der Waals surface area (Å²) >= 11 is 3.48. The third-order valence-electron chi connectivity index (χ3n) is 4.57. The standard InChI is InChI=1S/C21H23IN4O2S/c1-3-19-23-18-11-10-15(22)14-17(18)20(27)26(19)13-12-25(4-2)21(28)24-29-16-8-6-5-7-9-16/h5-11,14H,3-4,12-13H2,1-2H3,(H,24,28). The number of nitrogens with zero attached hydrogens (tertiary/aromatic N) is 3. The average Bonchev–Trinajstić information content (AvgIpc) is 2.74. The molecule has 1 heterocycles. The van der Waals surface area contributed by atoms with Crippen molar-refractivity contribution in [2.75, 3.05) is 13.1 Å². The smallest absolute Gasteiger partial charge is 0.323 e. The summed E-state index contributed by atoms with van der Waals surface area (Å²) in [5.74, 6) is 0.735. The Morgan fingerprint density at radius 1 is 1.21 bits per heavy atom. The summed E-state index contributed by atoms with van der Waals surface area (Å²) in [7, 11) is 0. The van der Waals surface area contributed by atoms with E-state index in [-0.39, 0.29) is 11.6 Å². The van der Waals surface area contributed by atoms with Gasteiger partial charge in [0.15, 0.2) is 0 Å². The minimum Gasteiger partial charge on any atom is -0.323 e. The molecule has 0 radical (unpaired) electrons. The van der Waals surface area contributed by atoms with Crippen LogP contribution in [0.4, 0.5) is 4.79 Å². The second-order valence-corrected chi connectivity index (χ2v) is 8.53. The molecule has 0 atom stereocenters. The zero-order valence-corrected chi connectivity index (χ0v) is 19.4. The highest BCUT2D eigenvalue weighted by molar-refractivity contribution is 14.1. The minimum atomic E-state index is -0.171. The highest BCUT2D eigenvalue weighted by Gasteiger charge is 2.15. The predicted octanol–water partition coefficient (Wildman–Crippen LogP) is 4.30. The normalized spacial score (nSPS) is 10.9. The van der Waals surface area contributed by atoms with Gasteiger partial charge in [-0.15, -0.1) is 0 Å². The van der Waals surface area contributed by atoms with Crippen LogP contribution in [0.5, 0.6) is 0 Å². The van der Waals surface area contributed by atoms with Crippen LogP contribution in [0.1, 0.15) is 19.7 Å². The second-order valence-electron chi connectivity index (χ2n) is 6.40. The summed E-state index contributed by atoms with van der Waals surface area (Å²) < 4.78 is 5.56. The summed E-state index contributed by atoms with van der Waals surface area (Å²) in [4.78, 5) is 32.9. The zero-order valence-electron chi connectivity index (χ0n) is 16.4. The first-order valence-corrected chi connectivity index (χ1v) is 11.4. The van der Waals surface area contributed by atoms with Gasteiger partial charge in [0.05, 0.1) is 10.9 Å². The molecule has 3 rings (SSSR count). The maximum atomic E-state index is 13.0. The quantitative estimate of drug-likeness (QED) is 0.371. The lowest BCUT2D eigenvalue weighted by atomic mass is 10.2. The Morgan fingerprint density at radius 2 is 1.97 bits per heavy atom. The molecule has 29 heavy (non-hydrogen) atoms. The molecule has 0 saturated heterocycles. The molecule has 8 heteroatoms. The number of hydrogen-bond acceptors (Lipinski definition) is 4. The fraction of sp³-hybridized carbons (Fsp3) is 0.286. The van der Waals surface area contributed by atoms with Crippen molar-refractivity contribution in [3.8, 4) is 0 Å². The second kappa shape index (κ2) is 10.1. The van der Waals surface area contributed by atoms with Crippen molar-refractivity contribution >= 4 is 51.5 Å². The van der Waals surface area contributed by atoms with Crippen LogP contribution < -0.4 is 10.3 Å². The maximum Gasteiger partial charge on any atom is 0.327 e. The third kappa shape index (κ3) is 5.30. The van der Waals surface area contributed by atoms with E-state index in [1.54, 1.807) is 9.47 Å². The summed E-state index contributed by atoms with van der Waals surface area (Å²) in [6.45, 7) is 5.31. The largest absolute Gasteiger partial charge is 0.327 e. The van der Waals surface area contributed by atoms with E-state index in [0.717, 1.165) is 14.3 Å². The van der Waals surface area contributed by atoms with Crippen LogP contribution in [0.25, 0.3) is 10.9 Å². The van der Waals surface area contributed by atoms with Gasteiger partial charge in [0, 0.05) is 34.5 Å². The van der Waals surface area contributed by atoms with Crippen molar-refractivity contribution in [1.82, 2.24) is 19.2 Å². The third-order valence-corrected chi connectivity index (χ3v) is 6.03. The van der Waals surface area contributed by atoms with Gasteiger partial charge in [-0.3, -0.25) is 14.1 Å². The van der Waals surface area contributed by atoms with E-state index in [4.69, 9.17) is 0 Å². The van der Waals surface area contributed by atoms with Gasteiger partial charge in [0.2, 0.25) is 0 Å². The summed E-state index contributed by atoms with van der Waals surface area (Å²) in [5, 5.41) is 0.612. The van der Waals surface area contributed by atoms with Gasteiger partial charge < -0.3 is 4.90 Å². The number of rotatable bonds is 7. The lowest BCUT2D eigenvalue weighted by Gasteiger charge is -2.22. The number of benzene rings is 2. The van der Waals surface area contributed by atoms with Gasteiger partial charge in [-0.25, -0.2) is 9.78 Å². The predicted molar refractivity (Wildman–Crippen MR) is 126 cm³/mol. The fourth-order valence-corrected chi connectivity index (χ4v) is 4.14. The molecule has 0 aliphatic carbocycles. The van der Waals surface area contributed by atoms with Crippen molar-refractivity contribution in [2.45, 2.75) is 31.7 Å². The van der Waals surface area contributed by atoms with Gasteiger partial charge in [0.25, 0.3) is 5.56 Å². The van der Waals surface area contributed by atoms with Gasteiger partial charge in [0.1, 0.15) is 5.82 Å². The Labute approximate surface area is 188 Å². The Hall–Kier alpha value is -2.07. The Bertz CT molecular complexity index is 1060. The molecule has 0 bridgehead atoms. The summed E-state index contributed by atoms with van der Waals surface area (Å²) in [6.07, 6.45) is 0.652. The van der Waals surface area contributed by atoms with Crippen LogP contribution in [0.2, 0.25) is 0 Å². The number of likely N-dealkylation sites (N-methyl/N-ethyl adjacent to an activating group) is 1. The number of aromatic nitrogens is 2. The van der Waals surface area contributed by atoms with Crippen molar-refractivity contribution < 1.29 is 4.79 Å². The number of aryl methyl sites for hydroxylation is 1. The van der Waals surface area contributed by atoms with Crippen LogP contribution in [0, 0.1) is 3.57 Å². The van der Waals surface area contributed by atoms with Crippen LogP contribution >= 0.6 is 34.5 Å². The van der Waals surface area contributed by atoms with Crippen molar-refractivity contribution in [3.05, 3.63) is 68.3 Å². The Morgan fingerprint density at radius 3 is 2.66 bits per heavy atom. The van der Waals surface area contributed by atoms with Crippen molar-refractivity contribution in [2.24, 2.45) is 0 Å². The lowest BCUT2D eigenvalue weighted by Crippen LogP contribution is -2.40. The molecule has 2 aromatic carbocycles. The molecule has 3 aromatic rings. The highest BCUT2D eigenvalue weighted by atomic mass is 127. The number of nitrogens with one attached hydrogen (secondary N) is 1. The van der Waals surface area contributed by atoms with E-state index >= 15 is 0 Å². The van der Waals surface area contributed by atoms with E-state index in [2.05, 4.69) is 32.3 Å². The van der Waals surface area contributed by atoms with Gasteiger partial charge in [-0.2, -0.15) is 0 Å². The molecular formula is C21H23IN4O2S. The van der Waals surface area contributed by atoms with E-state index in [1.807, 2.05) is 62.4 Å². The first-order valence-electron chi connectivity index (χ1n) is 9.49. The summed E-state index contributed by atoms with van der Waals surface area (Å²) in [5.41, 5.74) is 0.661. The molecule has 1 aromatic heterocycles. The average molecular weight is 522 g/mol. The molecule has 0 unspecified atom stereocenters. The first-order chi connectivity index (χ1) is 14.0. The number of carbonyl (C=O) groups is 1. The SMILES string of the molecule is CCc1nc2ccc(I)cc2c(=O)n1CCN(CC)C(=O)NSc1ccccc1. The number of hydrogen-bond donors (Lipinski definition) is 1. The minimum absolute atomic E-state index is 0.0551. The number of amides is 2. The van der Waals surface area contributed by atoms with Crippen molar-refractivity contribution in [1.29, 1.82) is 0 Å². The monoisotopic (exact) mass is 522 g/mol. The van der Waals surface area contributed by atoms with E-state index in [9.17, 15) is 9.59 Å². The Balaban J connectivity index is 1.74. The topological polar surface area (TPSA) is 67.2 Å². The highest BCUT2D eigenvalue weighted by Crippen LogP contribution is 2.15. The van der Waals surface area contributed by atoms with Crippen molar-refractivity contribution in [3.63, 3.8) is 0 Å². The maximum absolute atomic E-state index is 13.0. The number of urea groups is 1. The molecule has 152 valence electrons. The van der Waals surface area contributed by atoms with Crippen LogP contribution in [0.15, 0.2) is 58.2 Å². The van der Waals surface area contributed by atoms with Gasteiger partial charge in [-0.05, 0) is 71.8 Å². The molecule has 1 N–H and O–H groups in total. The molecule has 0 saturated carbocycles. The number of fused-ring (bicyclic) bond motifs is 1. The van der Waals surface area contributed by atoms with E-state index in [0.29, 0.717) is 37.0 Å². The molecule has 0 spiro atoms. The summed E-state index contributed by atoms with van der Waals surface area (Å²) in [6, 6.07) is 15.2. The number of halogens is 1. The molecule has 0 aliphatic rings. The first kappa shape index (κ1) is 21.6. The van der Waals surface area contributed by atoms with Gasteiger partial charge >= 0.3 is 6.03 Å². The molecule has 0 fully saturated rings. The fourth-order valence-electron chi connectivity index (χ4n) is 3.02. The Kier molecular flexibility index (Phi) is 7.54. The molecule has 0 aliphatic heterocycles. The van der Waals surface area contributed by atoms with Gasteiger partial charge in [-0.1, -0.05) is 25.1 Å². The lowest BCUT2D eigenvalue weighted by molar-refractivity contribution is 0.204.